The molecule has 0 aromatic rings. The van der Waals surface area contributed by atoms with Crippen LogP contribution in [0, 0.1) is 5.41 Å². The van der Waals surface area contributed by atoms with Crippen molar-refractivity contribution in [2.75, 3.05) is 13.2 Å². The molecule has 2 heteroatoms. The van der Waals surface area contributed by atoms with E-state index in [9.17, 15) is 0 Å². The largest absolute Gasteiger partial charge is 0.380 e. The Morgan fingerprint density at radius 2 is 2.00 bits per heavy atom. The second-order valence-electron chi connectivity index (χ2n) is 4.60. The van der Waals surface area contributed by atoms with Gasteiger partial charge in [-0.1, -0.05) is 6.92 Å². The molecule has 2 atom stereocenters. The predicted octanol–water partition coefficient (Wildman–Crippen LogP) is 2.19. The Hall–Kier alpha value is -0.0800. The Balaban J connectivity index is 2.15. The highest BCUT2D eigenvalue weighted by Gasteiger charge is 2.42. The summed E-state index contributed by atoms with van der Waals surface area (Å²) in [7, 11) is 0. The lowest BCUT2D eigenvalue weighted by Crippen LogP contribution is -2.41. The molecule has 0 saturated heterocycles. The van der Waals surface area contributed by atoms with Gasteiger partial charge >= 0.3 is 0 Å². The molecule has 78 valence electrons. The second kappa shape index (κ2) is 4.43. The van der Waals surface area contributed by atoms with E-state index in [4.69, 9.17) is 4.74 Å². The number of rotatable bonds is 6. The van der Waals surface area contributed by atoms with Crippen LogP contribution in [-0.2, 0) is 4.74 Å². The Morgan fingerprint density at radius 3 is 2.46 bits per heavy atom. The van der Waals surface area contributed by atoms with E-state index in [1.807, 2.05) is 6.92 Å². The summed E-state index contributed by atoms with van der Waals surface area (Å²) in [6, 6.07) is 1.11. The molecule has 2 nitrogen and oxygen atoms in total. The SMILES string of the molecule is CCOCC(C)NC(C)C1(C)CC1. The standard InChI is InChI=1S/C11H23NO/c1-5-13-8-9(2)12-10(3)11(4)6-7-11/h9-10,12H,5-8H2,1-4H3. The average Bonchev–Trinajstić information content (AvgIpc) is 2.81. The van der Waals surface area contributed by atoms with Crippen LogP contribution in [0.25, 0.3) is 0 Å². The molecular formula is C11H23NO. The van der Waals surface area contributed by atoms with Crippen molar-refractivity contribution >= 4 is 0 Å². The van der Waals surface area contributed by atoms with Crippen LogP contribution in [-0.4, -0.2) is 25.3 Å². The summed E-state index contributed by atoms with van der Waals surface area (Å²) in [4.78, 5) is 0. The zero-order valence-electron chi connectivity index (χ0n) is 9.39. The molecule has 13 heavy (non-hydrogen) atoms. The smallest absolute Gasteiger partial charge is 0.0616 e. The highest BCUT2D eigenvalue weighted by molar-refractivity contribution is 4.97. The summed E-state index contributed by atoms with van der Waals surface area (Å²) in [6.07, 6.45) is 2.76. The molecule has 2 unspecified atom stereocenters. The van der Waals surface area contributed by atoms with Crippen LogP contribution in [0.1, 0.15) is 40.5 Å². The van der Waals surface area contributed by atoms with Gasteiger partial charge in [0.2, 0.25) is 0 Å². The van der Waals surface area contributed by atoms with Crippen LogP contribution in [0.3, 0.4) is 0 Å². The topological polar surface area (TPSA) is 21.3 Å². The van der Waals surface area contributed by atoms with Crippen molar-refractivity contribution in [3.05, 3.63) is 0 Å². The fourth-order valence-electron chi connectivity index (χ4n) is 1.60. The third-order valence-electron chi connectivity index (χ3n) is 3.19. The molecule has 0 aliphatic heterocycles. The number of nitrogens with one attached hydrogen (secondary N) is 1. The minimum atomic E-state index is 0.479. The van der Waals surface area contributed by atoms with E-state index >= 15 is 0 Å². The maximum Gasteiger partial charge on any atom is 0.0616 e. The van der Waals surface area contributed by atoms with Crippen LogP contribution in [0.4, 0.5) is 0 Å². The molecular weight excluding hydrogens is 162 g/mol. The number of hydrogen-bond acceptors (Lipinski definition) is 2. The molecule has 0 amide bonds. The minimum Gasteiger partial charge on any atom is -0.380 e. The zero-order valence-corrected chi connectivity index (χ0v) is 9.39. The van der Waals surface area contributed by atoms with Gasteiger partial charge in [0.1, 0.15) is 0 Å². The predicted molar refractivity (Wildman–Crippen MR) is 55.9 cm³/mol. The molecule has 1 aliphatic carbocycles. The third-order valence-corrected chi connectivity index (χ3v) is 3.19. The summed E-state index contributed by atoms with van der Waals surface area (Å²) in [5.41, 5.74) is 0.570. The summed E-state index contributed by atoms with van der Waals surface area (Å²) in [6.45, 7) is 10.5. The molecule has 0 bridgehead atoms. The maximum absolute atomic E-state index is 5.37. The van der Waals surface area contributed by atoms with E-state index in [0.717, 1.165) is 13.2 Å². The molecule has 0 aromatic heterocycles. The van der Waals surface area contributed by atoms with E-state index in [0.29, 0.717) is 17.5 Å². The van der Waals surface area contributed by atoms with Gasteiger partial charge in [-0.05, 0) is 39.0 Å². The number of ether oxygens (including phenoxy) is 1. The lowest BCUT2D eigenvalue weighted by Gasteiger charge is -2.24. The second-order valence-corrected chi connectivity index (χ2v) is 4.60. The molecule has 0 radical (unpaired) electrons. The highest BCUT2D eigenvalue weighted by Crippen LogP contribution is 2.47. The first-order valence-electron chi connectivity index (χ1n) is 5.42. The lowest BCUT2D eigenvalue weighted by molar-refractivity contribution is 0.120. The molecule has 1 saturated carbocycles. The fraction of sp³-hybridized carbons (Fsp3) is 1.00. The Bertz CT molecular complexity index is 154. The monoisotopic (exact) mass is 185 g/mol. The van der Waals surface area contributed by atoms with Crippen molar-refractivity contribution in [1.82, 2.24) is 5.32 Å². The van der Waals surface area contributed by atoms with Crippen LogP contribution < -0.4 is 5.32 Å². The van der Waals surface area contributed by atoms with Crippen molar-refractivity contribution in [2.24, 2.45) is 5.41 Å². The van der Waals surface area contributed by atoms with Gasteiger partial charge < -0.3 is 10.1 Å². The van der Waals surface area contributed by atoms with Crippen molar-refractivity contribution in [3.63, 3.8) is 0 Å². The van der Waals surface area contributed by atoms with Crippen LogP contribution in [0.15, 0.2) is 0 Å². The van der Waals surface area contributed by atoms with E-state index in [2.05, 4.69) is 26.1 Å². The van der Waals surface area contributed by atoms with Crippen LogP contribution >= 0.6 is 0 Å². The van der Waals surface area contributed by atoms with Gasteiger partial charge in [-0.2, -0.15) is 0 Å². The van der Waals surface area contributed by atoms with E-state index in [1.54, 1.807) is 0 Å². The first-order valence-corrected chi connectivity index (χ1v) is 5.42. The van der Waals surface area contributed by atoms with Gasteiger partial charge in [0.25, 0.3) is 0 Å². The Morgan fingerprint density at radius 1 is 1.38 bits per heavy atom. The first kappa shape index (κ1) is 11.0. The molecule has 1 rings (SSSR count). The average molecular weight is 185 g/mol. The molecule has 0 aromatic carbocycles. The molecule has 1 aliphatic rings. The van der Waals surface area contributed by atoms with Gasteiger partial charge in [0.05, 0.1) is 6.61 Å². The van der Waals surface area contributed by atoms with Gasteiger partial charge in [-0.25, -0.2) is 0 Å². The van der Waals surface area contributed by atoms with Crippen LogP contribution in [0.2, 0.25) is 0 Å². The van der Waals surface area contributed by atoms with Gasteiger partial charge in [0, 0.05) is 18.7 Å². The molecule has 0 spiro atoms. The Labute approximate surface area is 82.0 Å². The van der Waals surface area contributed by atoms with Gasteiger partial charge in [0.15, 0.2) is 0 Å². The number of hydrogen-bond donors (Lipinski definition) is 1. The maximum atomic E-state index is 5.37. The van der Waals surface area contributed by atoms with Crippen molar-refractivity contribution < 1.29 is 4.74 Å². The Kier molecular flexibility index (Phi) is 3.74. The summed E-state index contributed by atoms with van der Waals surface area (Å²) in [5, 5.41) is 3.59. The van der Waals surface area contributed by atoms with Crippen molar-refractivity contribution in [3.8, 4) is 0 Å². The van der Waals surface area contributed by atoms with E-state index < -0.39 is 0 Å². The normalized spacial score (nSPS) is 24.0. The minimum absolute atomic E-state index is 0.479. The van der Waals surface area contributed by atoms with Crippen molar-refractivity contribution in [2.45, 2.75) is 52.6 Å². The third kappa shape index (κ3) is 3.28. The molecule has 0 heterocycles. The van der Waals surface area contributed by atoms with Gasteiger partial charge in [-0.15, -0.1) is 0 Å². The highest BCUT2D eigenvalue weighted by atomic mass is 16.5. The van der Waals surface area contributed by atoms with E-state index in [1.165, 1.54) is 12.8 Å². The summed E-state index contributed by atoms with van der Waals surface area (Å²) < 4.78 is 5.37. The first-order chi connectivity index (χ1) is 6.08. The summed E-state index contributed by atoms with van der Waals surface area (Å²) >= 11 is 0. The zero-order chi connectivity index (χ0) is 9.90. The van der Waals surface area contributed by atoms with Crippen LogP contribution in [0.5, 0.6) is 0 Å². The molecule has 1 N–H and O–H groups in total. The van der Waals surface area contributed by atoms with Crippen molar-refractivity contribution in [1.29, 1.82) is 0 Å². The lowest BCUT2D eigenvalue weighted by atomic mass is 10.0. The molecule has 1 fully saturated rings. The van der Waals surface area contributed by atoms with Gasteiger partial charge in [-0.3, -0.25) is 0 Å². The quantitative estimate of drug-likeness (QED) is 0.685. The fourth-order valence-corrected chi connectivity index (χ4v) is 1.60. The van der Waals surface area contributed by atoms with E-state index in [-0.39, 0.29) is 0 Å². The summed E-state index contributed by atoms with van der Waals surface area (Å²) in [5.74, 6) is 0.